The minimum absolute atomic E-state index is 0.183. The number of thioether (sulfide) groups is 1. The molecule has 3 aromatic rings. The van der Waals surface area contributed by atoms with Gasteiger partial charge < -0.3 is 19.1 Å². The molecule has 0 bridgehead atoms. The first kappa shape index (κ1) is 19.2. The number of hydrogen-bond donors (Lipinski definition) is 2. The Morgan fingerprint density at radius 3 is 2.07 bits per heavy atom. The second kappa shape index (κ2) is 9.38. The highest BCUT2D eigenvalue weighted by atomic mass is 32.2. The summed E-state index contributed by atoms with van der Waals surface area (Å²) < 4.78 is 35.5. The lowest BCUT2D eigenvalue weighted by Crippen LogP contribution is -3.10. The van der Waals surface area contributed by atoms with Crippen LogP contribution in [0.3, 0.4) is 0 Å². The largest absolute Gasteiger partial charge is 0.463 e. The number of quaternary nitrogens is 1. The van der Waals surface area contributed by atoms with Crippen LogP contribution in [0.15, 0.2) is 74.8 Å². The van der Waals surface area contributed by atoms with Crippen molar-refractivity contribution in [2.75, 3.05) is 11.9 Å². The van der Waals surface area contributed by atoms with Crippen molar-refractivity contribution in [3.05, 3.63) is 72.6 Å². The van der Waals surface area contributed by atoms with Gasteiger partial charge in [-0.1, -0.05) is 11.8 Å². The fraction of sp³-hybridized carbons (Fsp3) is 0.211. The lowest BCUT2D eigenvalue weighted by atomic mass is 10.3. The zero-order valence-corrected chi connectivity index (χ0v) is 15.2. The highest BCUT2D eigenvalue weighted by molar-refractivity contribution is 7.99. The minimum atomic E-state index is -2.47. The zero-order chi connectivity index (χ0) is 19.1. The molecule has 0 saturated heterocycles. The molecule has 0 atom stereocenters. The summed E-state index contributed by atoms with van der Waals surface area (Å²) in [7, 11) is 0. The number of rotatable bonds is 9. The molecule has 0 unspecified atom stereocenters. The Morgan fingerprint density at radius 2 is 1.59 bits per heavy atom. The Bertz CT molecular complexity index is 785. The number of alkyl halides is 2. The van der Waals surface area contributed by atoms with Gasteiger partial charge in [0, 0.05) is 10.6 Å². The van der Waals surface area contributed by atoms with Gasteiger partial charge in [0.15, 0.2) is 18.1 Å². The molecule has 0 radical (unpaired) electrons. The van der Waals surface area contributed by atoms with Crippen molar-refractivity contribution in [1.29, 1.82) is 0 Å². The van der Waals surface area contributed by atoms with Crippen LogP contribution < -0.4 is 10.2 Å². The Kier molecular flexibility index (Phi) is 6.67. The first-order valence-corrected chi connectivity index (χ1v) is 9.19. The summed E-state index contributed by atoms with van der Waals surface area (Å²) in [4.78, 5) is 13.8. The smallest absolute Gasteiger partial charge is 0.288 e. The van der Waals surface area contributed by atoms with Crippen LogP contribution in [0.2, 0.25) is 0 Å². The third-order valence-electron chi connectivity index (χ3n) is 3.78. The molecule has 3 rings (SSSR count). The Balaban J connectivity index is 1.59. The average Bonchev–Trinajstić information content (AvgIpc) is 3.30. The number of hydrogen-bond acceptors (Lipinski definition) is 4. The SMILES string of the molecule is O=C(C[NH+](Cc1ccco1)Cc1ccco1)Nc1ccc(SC(F)F)cc1. The van der Waals surface area contributed by atoms with Gasteiger partial charge in [0.05, 0.1) is 12.5 Å². The van der Waals surface area contributed by atoms with Crippen LogP contribution in [0.5, 0.6) is 0 Å². The van der Waals surface area contributed by atoms with Crippen molar-refractivity contribution >= 4 is 23.4 Å². The molecule has 142 valence electrons. The fourth-order valence-corrected chi connectivity index (χ4v) is 3.16. The molecular weight excluding hydrogens is 374 g/mol. The molecule has 27 heavy (non-hydrogen) atoms. The monoisotopic (exact) mass is 393 g/mol. The van der Waals surface area contributed by atoms with Gasteiger partial charge in [-0.2, -0.15) is 8.78 Å². The summed E-state index contributed by atoms with van der Waals surface area (Å²) in [5.41, 5.74) is 0.564. The van der Waals surface area contributed by atoms with Crippen LogP contribution >= 0.6 is 11.8 Å². The van der Waals surface area contributed by atoms with Crippen molar-refractivity contribution in [3.63, 3.8) is 0 Å². The summed E-state index contributed by atoms with van der Waals surface area (Å²) in [6.07, 6.45) is 3.19. The summed E-state index contributed by atoms with van der Waals surface area (Å²) in [5, 5.41) is 2.79. The van der Waals surface area contributed by atoms with E-state index in [0.29, 0.717) is 35.4 Å². The fourth-order valence-electron chi connectivity index (χ4n) is 2.66. The number of carbonyl (C=O) groups is 1. The molecule has 0 aliphatic heterocycles. The molecule has 1 aromatic carbocycles. The van der Waals surface area contributed by atoms with E-state index >= 15 is 0 Å². The molecule has 2 aromatic heterocycles. The van der Waals surface area contributed by atoms with Gasteiger partial charge >= 0.3 is 0 Å². The zero-order valence-electron chi connectivity index (χ0n) is 14.4. The Labute approximate surface area is 159 Å². The second-order valence-electron chi connectivity index (χ2n) is 5.89. The molecular formula is C19H19F2N2O3S+. The number of furan rings is 2. The molecule has 5 nitrogen and oxygen atoms in total. The predicted molar refractivity (Wildman–Crippen MR) is 97.6 cm³/mol. The van der Waals surface area contributed by atoms with Crippen molar-refractivity contribution in [1.82, 2.24) is 0 Å². The molecule has 2 N–H and O–H groups in total. The van der Waals surface area contributed by atoms with Crippen LogP contribution in [-0.4, -0.2) is 18.2 Å². The van der Waals surface area contributed by atoms with Crippen molar-refractivity contribution in [3.8, 4) is 0 Å². The van der Waals surface area contributed by atoms with E-state index in [1.165, 1.54) is 0 Å². The molecule has 0 fully saturated rings. The van der Waals surface area contributed by atoms with E-state index in [1.807, 2.05) is 12.1 Å². The Morgan fingerprint density at radius 1 is 1.00 bits per heavy atom. The highest BCUT2D eigenvalue weighted by Crippen LogP contribution is 2.26. The number of nitrogens with one attached hydrogen (secondary N) is 2. The number of amides is 1. The molecule has 0 spiro atoms. The van der Waals surface area contributed by atoms with Crippen LogP contribution in [0.1, 0.15) is 11.5 Å². The second-order valence-corrected chi connectivity index (χ2v) is 6.95. The lowest BCUT2D eigenvalue weighted by Gasteiger charge is -2.17. The van der Waals surface area contributed by atoms with E-state index in [9.17, 15) is 13.6 Å². The van der Waals surface area contributed by atoms with Gasteiger partial charge in [0.25, 0.3) is 11.7 Å². The third-order valence-corrected chi connectivity index (χ3v) is 4.50. The molecule has 0 saturated carbocycles. The molecule has 8 heteroatoms. The van der Waals surface area contributed by atoms with E-state index in [2.05, 4.69) is 5.32 Å². The lowest BCUT2D eigenvalue weighted by molar-refractivity contribution is -0.921. The van der Waals surface area contributed by atoms with Crippen LogP contribution in [0.4, 0.5) is 14.5 Å². The first-order valence-electron chi connectivity index (χ1n) is 8.31. The van der Waals surface area contributed by atoms with Crippen molar-refractivity contribution in [2.24, 2.45) is 0 Å². The quantitative estimate of drug-likeness (QED) is 0.547. The average molecular weight is 393 g/mol. The van der Waals surface area contributed by atoms with Crippen molar-refractivity contribution < 1.29 is 27.3 Å². The molecule has 0 aliphatic carbocycles. The van der Waals surface area contributed by atoms with Crippen LogP contribution in [-0.2, 0) is 17.9 Å². The molecule has 2 heterocycles. The van der Waals surface area contributed by atoms with Gasteiger partial charge in [0.1, 0.15) is 13.1 Å². The topological polar surface area (TPSA) is 59.8 Å². The van der Waals surface area contributed by atoms with Crippen LogP contribution in [0.25, 0.3) is 0 Å². The molecule has 0 aliphatic rings. The van der Waals surface area contributed by atoms with E-state index in [-0.39, 0.29) is 12.5 Å². The van der Waals surface area contributed by atoms with Crippen molar-refractivity contribution in [2.45, 2.75) is 23.7 Å². The maximum Gasteiger partial charge on any atom is 0.288 e. The van der Waals surface area contributed by atoms with Gasteiger partial charge in [-0.15, -0.1) is 0 Å². The number of carbonyl (C=O) groups excluding carboxylic acids is 1. The van der Waals surface area contributed by atoms with E-state index < -0.39 is 5.76 Å². The number of anilines is 1. The van der Waals surface area contributed by atoms with Gasteiger partial charge in [-0.25, -0.2) is 0 Å². The van der Waals surface area contributed by atoms with E-state index in [1.54, 1.807) is 48.9 Å². The Hall–Kier alpha value is -2.58. The van der Waals surface area contributed by atoms with E-state index in [4.69, 9.17) is 8.83 Å². The van der Waals surface area contributed by atoms with Crippen LogP contribution in [0, 0.1) is 0 Å². The standard InChI is InChI=1S/C19H18F2N2O3S/c20-19(21)27-17-7-5-14(6-8-17)22-18(24)13-23(11-15-3-1-9-25-15)12-16-4-2-10-26-16/h1-10,19H,11-13H2,(H,22,24)/p+1. The highest BCUT2D eigenvalue weighted by Gasteiger charge is 2.18. The van der Waals surface area contributed by atoms with Gasteiger partial charge in [-0.05, 0) is 48.5 Å². The summed E-state index contributed by atoms with van der Waals surface area (Å²) in [6, 6.07) is 13.7. The van der Waals surface area contributed by atoms with Gasteiger partial charge in [0.2, 0.25) is 0 Å². The molecule has 1 amide bonds. The maximum absolute atomic E-state index is 12.4. The van der Waals surface area contributed by atoms with E-state index in [0.717, 1.165) is 16.4 Å². The number of halogens is 2. The third kappa shape index (κ3) is 6.26. The summed E-state index contributed by atoms with van der Waals surface area (Å²) in [6.45, 7) is 1.27. The first-order chi connectivity index (χ1) is 13.1. The predicted octanol–water partition coefficient (Wildman–Crippen LogP) is 3.41. The number of benzene rings is 1. The normalized spacial score (nSPS) is 11.3. The summed E-state index contributed by atoms with van der Waals surface area (Å²) >= 11 is 0.470. The minimum Gasteiger partial charge on any atom is -0.463 e. The maximum atomic E-state index is 12.4. The van der Waals surface area contributed by atoms with Gasteiger partial charge in [-0.3, -0.25) is 4.79 Å². The summed E-state index contributed by atoms with van der Waals surface area (Å²) in [5.74, 6) is -1.10.